The SMILES string of the molecule is Cc1cccc(F)c1CN1CCN(C)CC1. The van der Waals surface area contributed by atoms with Crippen LogP contribution >= 0.6 is 0 Å². The number of aryl methyl sites for hydroxylation is 1. The Kier molecular flexibility index (Phi) is 3.56. The third kappa shape index (κ3) is 2.60. The normalized spacial score (nSPS) is 18.9. The largest absolute Gasteiger partial charge is 0.304 e. The van der Waals surface area contributed by atoms with Gasteiger partial charge in [0, 0.05) is 38.3 Å². The van der Waals surface area contributed by atoms with Gasteiger partial charge in [0.15, 0.2) is 0 Å². The molecule has 0 aromatic heterocycles. The second-order valence-corrected chi connectivity index (χ2v) is 4.61. The first kappa shape index (κ1) is 11.6. The fraction of sp³-hybridized carbons (Fsp3) is 0.538. The molecule has 0 spiro atoms. The number of hydrogen-bond acceptors (Lipinski definition) is 2. The highest BCUT2D eigenvalue weighted by molar-refractivity contribution is 5.27. The molecule has 0 radical (unpaired) electrons. The smallest absolute Gasteiger partial charge is 0.127 e. The Morgan fingerprint density at radius 3 is 2.50 bits per heavy atom. The lowest BCUT2D eigenvalue weighted by Crippen LogP contribution is -2.44. The van der Waals surface area contributed by atoms with Crippen LogP contribution in [0.4, 0.5) is 4.39 Å². The third-order valence-corrected chi connectivity index (χ3v) is 3.33. The maximum atomic E-state index is 13.6. The lowest BCUT2D eigenvalue weighted by atomic mass is 10.1. The molecule has 0 atom stereocenters. The zero-order chi connectivity index (χ0) is 11.5. The Morgan fingerprint density at radius 1 is 1.19 bits per heavy atom. The van der Waals surface area contributed by atoms with Gasteiger partial charge in [-0.05, 0) is 25.6 Å². The van der Waals surface area contributed by atoms with E-state index in [-0.39, 0.29) is 5.82 Å². The molecule has 1 aliphatic heterocycles. The predicted octanol–water partition coefficient (Wildman–Crippen LogP) is 1.88. The van der Waals surface area contributed by atoms with Crippen LogP contribution in [0.25, 0.3) is 0 Å². The molecule has 0 aliphatic carbocycles. The Bertz CT molecular complexity index is 337. The molecule has 3 heteroatoms. The van der Waals surface area contributed by atoms with E-state index in [0.29, 0.717) is 0 Å². The molecule has 0 N–H and O–H groups in total. The number of nitrogens with zero attached hydrogens (tertiary/aromatic N) is 2. The summed E-state index contributed by atoms with van der Waals surface area (Å²) in [6.07, 6.45) is 0. The minimum atomic E-state index is -0.0704. The fourth-order valence-electron chi connectivity index (χ4n) is 2.10. The summed E-state index contributed by atoms with van der Waals surface area (Å²) in [5.74, 6) is -0.0704. The van der Waals surface area contributed by atoms with Crippen molar-refractivity contribution in [3.8, 4) is 0 Å². The minimum Gasteiger partial charge on any atom is -0.304 e. The number of piperazine rings is 1. The Balaban J connectivity index is 2.04. The van der Waals surface area contributed by atoms with Gasteiger partial charge in [0.05, 0.1) is 0 Å². The first-order valence-corrected chi connectivity index (χ1v) is 5.81. The molecule has 2 rings (SSSR count). The second-order valence-electron chi connectivity index (χ2n) is 4.61. The van der Waals surface area contributed by atoms with Crippen LogP contribution in [0.5, 0.6) is 0 Å². The van der Waals surface area contributed by atoms with Crippen LogP contribution in [0, 0.1) is 12.7 Å². The van der Waals surface area contributed by atoms with Gasteiger partial charge in [-0.3, -0.25) is 4.90 Å². The summed E-state index contributed by atoms with van der Waals surface area (Å²) in [6.45, 7) is 6.94. The number of hydrogen-bond donors (Lipinski definition) is 0. The molecule has 1 aliphatic rings. The van der Waals surface area contributed by atoms with Crippen LogP contribution in [0.2, 0.25) is 0 Å². The molecule has 0 bridgehead atoms. The van der Waals surface area contributed by atoms with Crippen molar-refractivity contribution in [1.82, 2.24) is 9.80 Å². The summed E-state index contributed by atoms with van der Waals surface area (Å²) in [6, 6.07) is 5.31. The van der Waals surface area contributed by atoms with Gasteiger partial charge in [-0.1, -0.05) is 12.1 Å². The molecule has 0 unspecified atom stereocenters. The van der Waals surface area contributed by atoms with Crippen LogP contribution in [0.1, 0.15) is 11.1 Å². The Labute approximate surface area is 96.7 Å². The van der Waals surface area contributed by atoms with E-state index in [1.807, 2.05) is 13.0 Å². The summed E-state index contributed by atoms with van der Waals surface area (Å²) in [5, 5.41) is 0. The van der Waals surface area contributed by atoms with E-state index in [2.05, 4.69) is 16.8 Å². The predicted molar refractivity (Wildman–Crippen MR) is 63.9 cm³/mol. The summed E-state index contributed by atoms with van der Waals surface area (Å²) < 4.78 is 13.6. The molecule has 1 aromatic rings. The summed E-state index contributed by atoms with van der Waals surface area (Å²) in [5.41, 5.74) is 1.91. The molecule has 0 saturated carbocycles. The molecule has 16 heavy (non-hydrogen) atoms. The van der Waals surface area contributed by atoms with Crippen molar-refractivity contribution in [3.63, 3.8) is 0 Å². The van der Waals surface area contributed by atoms with E-state index >= 15 is 0 Å². The fourth-order valence-corrected chi connectivity index (χ4v) is 2.10. The quantitative estimate of drug-likeness (QED) is 0.754. The van der Waals surface area contributed by atoms with Crippen LogP contribution in [0.3, 0.4) is 0 Å². The van der Waals surface area contributed by atoms with Crippen molar-refractivity contribution in [1.29, 1.82) is 0 Å². The Morgan fingerprint density at radius 2 is 1.88 bits per heavy atom. The van der Waals surface area contributed by atoms with E-state index in [9.17, 15) is 4.39 Å². The van der Waals surface area contributed by atoms with Crippen molar-refractivity contribution in [3.05, 3.63) is 35.1 Å². The van der Waals surface area contributed by atoms with E-state index in [0.717, 1.165) is 43.9 Å². The van der Waals surface area contributed by atoms with Crippen molar-refractivity contribution in [2.24, 2.45) is 0 Å². The minimum absolute atomic E-state index is 0.0704. The van der Waals surface area contributed by atoms with Gasteiger partial charge in [-0.25, -0.2) is 4.39 Å². The first-order valence-electron chi connectivity index (χ1n) is 5.81. The highest BCUT2D eigenvalue weighted by Gasteiger charge is 2.16. The van der Waals surface area contributed by atoms with Gasteiger partial charge in [-0.15, -0.1) is 0 Å². The second kappa shape index (κ2) is 4.93. The first-order chi connectivity index (χ1) is 7.66. The molecule has 2 nitrogen and oxygen atoms in total. The standard InChI is InChI=1S/C13H19FN2/c1-11-4-3-5-13(14)12(11)10-16-8-6-15(2)7-9-16/h3-5H,6-10H2,1-2H3. The van der Waals surface area contributed by atoms with Gasteiger partial charge >= 0.3 is 0 Å². The van der Waals surface area contributed by atoms with E-state index in [1.165, 1.54) is 0 Å². The number of halogens is 1. The summed E-state index contributed by atoms with van der Waals surface area (Å²) in [7, 11) is 2.13. The monoisotopic (exact) mass is 222 g/mol. The van der Waals surface area contributed by atoms with Crippen LogP contribution < -0.4 is 0 Å². The van der Waals surface area contributed by atoms with E-state index in [1.54, 1.807) is 12.1 Å². The topological polar surface area (TPSA) is 6.48 Å². The maximum Gasteiger partial charge on any atom is 0.127 e. The number of rotatable bonds is 2. The zero-order valence-corrected chi connectivity index (χ0v) is 10.0. The molecule has 1 saturated heterocycles. The highest BCUT2D eigenvalue weighted by atomic mass is 19.1. The van der Waals surface area contributed by atoms with Gasteiger partial charge in [-0.2, -0.15) is 0 Å². The van der Waals surface area contributed by atoms with E-state index in [4.69, 9.17) is 0 Å². The molecule has 1 heterocycles. The van der Waals surface area contributed by atoms with Crippen molar-refractivity contribution >= 4 is 0 Å². The van der Waals surface area contributed by atoms with Crippen LogP contribution in [-0.2, 0) is 6.54 Å². The maximum absolute atomic E-state index is 13.6. The molecule has 0 amide bonds. The number of benzene rings is 1. The average Bonchev–Trinajstić information content (AvgIpc) is 2.26. The molecular weight excluding hydrogens is 203 g/mol. The Hall–Kier alpha value is -0.930. The van der Waals surface area contributed by atoms with Gasteiger partial charge < -0.3 is 4.90 Å². The van der Waals surface area contributed by atoms with Crippen molar-refractivity contribution < 1.29 is 4.39 Å². The van der Waals surface area contributed by atoms with Crippen molar-refractivity contribution in [2.75, 3.05) is 33.2 Å². The van der Waals surface area contributed by atoms with Crippen LogP contribution in [-0.4, -0.2) is 43.0 Å². The molecule has 1 aromatic carbocycles. The zero-order valence-electron chi connectivity index (χ0n) is 10.0. The molecular formula is C13H19FN2. The lowest BCUT2D eigenvalue weighted by molar-refractivity contribution is 0.146. The summed E-state index contributed by atoms with van der Waals surface area (Å²) >= 11 is 0. The number of likely N-dealkylation sites (N-methyl/N-ethyl adjacent to an activating group) is 1. The van der Waals surface area contributed by atoms with Gasteiger partial charge in [0.1, 0.15) is 5.82 Å². The lowest BCUT2D eigenvalue weighted by Gasteiger charge is -2.32. The van der Waals surface area contributed by atoms with Gasteiger partial charge in [0.25, 0.3) is 0 Å². The van der Waals surface area contributed by atoms with Crippen LogP contribution in [0.15, 0.2) is 18.2 Å². The molecule has 1 fully saturated rings. The molecule has 88 valence electrons. The third-order valence-electron chi connectivity index (χ3n) is 3.33. The highest BCUT2D eigenvalue weighted by Crippen LogP contribution is 2.15. The van der Waals surface area contributed by atoms with Gasteiger partial charge in [0.2, 0.25) is 0 Å². The van der Waals surface area contributed by atoms with E-state index < -0.39 is 0 Å². The van der Waals surface area contributed by atoms with Crippen molar-refractivity contribution in [2.45, 2.75) is 13.5 Å². The summed E-state index contributed by atoms with van der Waals surface area (Å²) in [4.78, 5) is 4.64. The average molecular weight is 222 g/mol.